The number of rotatable bonds is 4. The van der Waals surface area contributed by atoms with Crippen LogP contribution in [-0.2, 0) is 14.8 Å². The molecule has 0 radical (unpaired) electrons. The van der Waals surface area contributed by atoms with Gasteiger partial charge in [0.1, 0.15) is 5.52 Å². The Kier molecular flexibility index (Phi) is 4.70. The number of H-pyrrole nitrogens is 1. The van der Waals surface area contributed by atoms with Gasteiger partial charge in [-0.2, -0.15) is 9.29 Å². The molecule has 0 aliphatic carbocycles. The van der Waals surface area contributed by atoms with Gasteiger partial charge in [0.15, 0.2) is 5.65 Å². The molecule has 154 valence electrons. The number of nitrogens with one attached hydrogen (secondary N) is 2. The third-order valence-corrected chi connectivity index (χ3v) is 7.53. The molecule has 5 rings (SSSR count). The first kappa shape index (κ1) is 19.1. The molecule has 4 aromatic rings. The van der Waals surface area contributed by atoms with Gasteiger partial charge in [-0.25, -0.2) is 8.42 Å². The van der Waals surface area contributed by atoms with Crippen molar-refractivity contribution >= 4 is 55.3 Å². The number of anilines is 1. The normalized spacial score (nSPS) is 15.6. The fraction of sp³-hybridized carbons (Fsp3) is 0.222. The summed E-state index contributed by atoms with van der Waals surface area (Å²) in [5.41, 5.74) is 1.51. The zero-order valence-corrected chi connectivity index (χ0v) is 17.2. The second kappa shape index (κ2) is 7.40. The number of thiophene rings is 1. The Hall–Kier alpha value is -2.93. The van der Waals surface area contributed by atoms with Crippen molar-refractivity contribution in [1.82, 2.24) is 24.5 Å². The second-order valence-corrected chi connectivity index (χ2v) is 9.50. The van der Waals surface area contributed by atoms with E-state index in [1.165, 1.54) is 15.6 Å². The van der Waals surface area contributed by atoms with Crippen molar-refractivity contribution in [2.45, 2.75) is 4.90 Å². The van der Waals surface area contributed by atoms with Crippen molar-refractivity contribution in [2.24, 2.45) is 0 Å². The molecule has 0 saturated carbocycles. The van der Waals surface area contributed by atoms with E-state index in [1.54, 1.807) is 35.7 Å². The van der Waals surface area contributed by atoms with Gasteiger partial charge >= 0.3 is 0 Å². The molecular weight excluding hydrogens is 428 g/mol. The van der Waals surface area contributed by atoms with Gasteiger partial charge in [0, 0.05) is 24.0 Å². The van der Waals surface area contributed by atoms with E-state index in [2.05, 4.69) is 25.5 Å². The number of aromatic amines is 1. The maximum atomic E-state index is 12.9. The van der Waals surface area contributed by atoms with Crippen LogP contribution >= 0.6 is 11.3 Å². The van der Waals surface area contributed by atoms with E-state index < -0.39 is 10.0 Å². The lowest BCUT2D eigenvalue weighted by molar-refractivity contribution is 0.0730. The highest BCUT2D eigenvalue weighted by Gasteiger charge is 2.27. The molecule has 3 aromatic heterocycles. The number of carbonyl (C=O) groups excluding carboxylic acids is 1. The largest absolute Gasteiger partial charge is 0.379 e. The zero-order chi connectivity index (χ0) is 20.7. The minimum atomic E-state index is -3.63. The summed E-state index contributed by atoms with van der Waals surface area (Å²) in [6.45, 7) is 1.40. The smallest absolute Gasteiger partial charge is 0.268 e. The monoisotopic (exact) mass is 444 g/mol. The Bertz CT molecular complexity index is 1340. The maximum Gasteiger partial charge on any atom is 0.268 e. The van der Waals surface area contributed by atoms with Crippen LogP contribution in [0.25, 0.3) is 22.1 Å². The second-order valence-electron chi connectivity index (χ2n) is 6.61. The Balaban J connectivity index is 1.50. The number of carbonyl (C=O) groups is 1. The molecule has 1 aromatic carbocycles. The van der Waals surface area contributed by atoms with Crippen molar-refractivity contribution < 1.29 is 17.9 Å². The molecule has 1 saturated heterocycles. The number of hydrogen-bond donors (Lipinski definition) is 2. The van der Waals surface area contributed by atoms with Gasteiger partial charge in [-0.1, -0.05) is 6.07 Å². The first-order valence-corrected chi connectivity index (χ1v) is 11.4. The maximum absolute atomic E-state index is 12.9. The van der Waals surface area contributed by atoms with Gasteiger partial charge < -0.3 is 9.72 Å². The number of sulfonamides is 1. The van der Waals surface area contributed by atoms with E-state index in [4.69, 9.17) is 4.74 Å². The van der Waals surface area contributed by atoms with Crippen molar-refractivity contribution in [2.75, 3.05) is 31.6 Å². The SMILES string of the molecule is O=C(Nc1nnc2c(n1)[nH]c1ccc(S(=O)(=O)N3CCOCC3)cc12)c1cccs1. The molecule has 0 bridgehead atoms. The quantitative estimate of drug-likeness (QED) is 0.491. The van der Waals surface area contributed by atoms with E-state index in [1.807, 2.05) is 0 Å². The molecule has 1 aliphatic heterocycles. The summed E-state index contributed by atoms with van der Waals surface area (Å²) < 4.78 is 32.5. The van der Waals surface area contributed by atoms with Crippen LogP contribution in [0.15, 0.2) is 40.6 Å². The average Bonchev–Trinajstić information content (AvgIpc) is 3.41. The van der Waals surface area contributed by atoms with Gasteiger partial charge in [-0.05, 0) is 29.6 Å². The summed E-state index contributed by atoms with van der Waals surface area (Å²) in [5, 5.41) is 13.1. The predicted octanol–water partition coefficient (Wildman–Crippen LogP) is 1.84. The number of nitrogens with zero attached hydrogens (tertiary/aromatic N) is 4. The molecule has 30 heavy (non-hydrogen) atoms. The molecule has 12 heteroatoms. The van der Waals surface area contributed by atoms with Crippen LogP contribution in [0.4, 0.5) is 5.95 Å². The average molecular weight is 444 g/mol. The van der Waals surface area contributed by atoms with Crippen LogP contribution in [0.1, 0.15) is 9.67 Å². The Morgan fingerprint density at radius 3 is 2.80 bits per heavy atom. The lowest BCUT2D eigenvalue weighted by Gasteiger charge is -2.26. The van der Waals surface area contributed by atoms with Gasteiger partial charge in [0.25, 0.3) is 11.9 Å². The predicted molar refractivity (Wildman–Crippen MR) is 111 cm³/mol. The lowest BCUT2D eigenvalue weighted by atomic mass is 10.2. The number of ether oxygens (including phenoxy) is 1. The molecule has 1 aliphatic rings. The zero-order valence-electron chi connectivity index (χ0n) is 15.5. The summed E-state index contributed by atoms with van der Waals surface area (Å²) in [4.78, 5) is 20.3. The van der Waals surface area contributed by atoms with E-state index in [0.717, 1.165) is 0 Å². The van der Waals surface area contributed by atoms with Crippen molar-refractivity contribution in [3.8, 4) is 0 Å². The number of amides is 1. The summed E-state index contributed by atoms with van der Waals surface area (Å²) in [5.74, 6) is -0.255. The molecule has 2 N–H and O–H groups in total. The van der Waals surface area contributed by atoms with Gasteiger partial charge in [0.05, 0.1) is 23.0 Å². The van der Waals surface area contributed by atoms with Crippen LogP contribution in [0.3, 0.4) is 0 Å². The highest BCUT2D eigenvalue weighted by atomic mass is 32.2. The van der Waals surface area contributed by atoms with Crippen LogP contribution < -0.4 is 5.32 Å². The first-order valence-electron chi connectivity index (χ1n) is 9.11. The number of fused-ring (bicyclic) bond motifs is 3. The number of benzene rings is 1. The van der Waals surface area contributed by atoms with Gasteiger partial charge in [-0.15, -0.1) is 21.5 Å². The van der Waals surface area contributed by atoms with E-state index in [9.17, 15) is 13.2 Å². The van der Waals surface area contributed by atoms with Gasteiger partial charge in [-0.3, -0.25) is 10.1 Å². The first-order chi connectivity index (χ1) is 14.5. The Morgan fingerprint density at radius 1 is 1.20 bits per heavy atom. The van der Waals surface area contributed by atoms with Crippen LogP contribution in [0.2, 0.25) is 0 Å². The molecule has 1 amide bonds. The Morgan fingerprint density at radius 2 is 2.03 bits per heavy atom. The number of hydrogen-bond acceptors (Lipinski definition) is 8. The summed E-state index contributed by atoms with van der Waals surface area (Å²) >= 11 is 1.31. The molecule has 0 spiro atoms. The third-order valence-electron chi connectivity index (χ3n) is 4.76. The third kappa shape index (κ3) is 3.33. The number of aromatic nitrogens is 4. The van der Waals surface area contributed by atoms with Crippen molar-refractivity contribution in [1.29, 1.82) is 0 Å². The fourth-order valence-corrected chi connectivity index (χ4v) is 5.32. The van der Waals surface area contributed by atoms with Crippen molar-refractivity contribution in [3.63, 3.8) is 0 Å². The molecule has 10 nitrogen and oxygen atoms in total. The minimum Gasteiger partial charge on any atom is -0.379 e. The Labute approximate surface area is 174 Å². The van der Waals surface area contributed by atoms with Crippen LogP contribution in [0, 0.1) is 0 Å². The summed E-state index contributed by atoms with van der Waals surface area (Å²) in [6.07, 6.45) is 0. The topological polar surface area (TPSA) is 130 Å². The van der Waals surface area contributed by atoms with Gasteiger partial charge in [0.2, 0.25) is 10.0 Å². The molecule has 1 fully saturated rings. The standard InChI is InChI=1S/C18H16N6O4S2/c25-17(14-2-1-9-29-14)21-18-20-16-15(22-23-18)12-10-11(3-4-13(12)19-16)30(26,27)24-5-7-28-8-6-24/h1-4,9-10H,5-8H2,(H2,19,20,21,23,25). The minimum absolute atomic E-state index is 0.0635. The molecule has 4 heterocycles. The van der Waals surface area contributed by atoms with E-state index in [0.29, 0.717) is 53.2 Å². The van der Waals surface area contributed by atoms with Crippen LogP contribution in [0.5, 0.6) is 0 Å². The highest BCUT2D eigenvalue weighted by Crippen LogP contribution is 2.27. The summed E-state index contributed by atoms with van der Waals surface area (Å²) in [7, 11) is -3.63. The summed E-state index contributed by atoms with van der Waals surface area (Å²) in [6, 6.07) is 8.28. The number of morpholine rings is 1. The van der Waals surface area contributed by atoms with Crippen LogP contribution in [-0.4, -0.2) is 65.1 Å². The lowest BCUT2D eigenvalue weighted by Crippen LogP contribution is -2.40. The van der Waals surface area contributed by atoms with Crippen molar-refractivity contribution in [3.05, 3.63) is 40.6 Å². The molecule has 0 unspecified atom stereocenters. The van der Waals surface area contributed by atoms with E-state index >= 15 is 0 Å². The molecule has 0 atom stereocenters. The molecular formula is C18H16N6O4S2. The highest BCUT2D eigenvalue weighted by molar-refractivity contribution is 7.89. The fourth-order valence-electron chi connectivity index (χ4n) is 3.27. The van der Waals surface area contributed by atoms with E-state index in [-0.39, 0.29) is 16.8 Å².